The summed E-state index contributed by atoms with van der Waals surface area (Å²) in [4.78, 5) is 38.4. The van der Waals surface area contributed by atoms with Crippen LogP contribution in [0.4, 0.5) is 14.9 Å². The van der Waals surface area contributed by atoms with Gasteiger partial charge in [-0.15, -0.1) is 0 Å². The normalized spacial score (nSPS) is 16.2. The zero-order valence-electron chi connectivity index (χ0n) is 20.0. The topological polar surface area (TPSA) is 89.9 Å². The Morgan fingerprint density at radius 2 is 1.80 bits per heavy atom. The van der Waals surface area contributed by atoms with Crippen molar-refractivity contribution in [1.82, 2.24) is 19.8 Å². The number of hydrogen-bond acceptors (Lipinski definition) is 5. The summed E-state index contributed by atoms with van der Waals surface area (Å²) in [6, 6.07) is 13.6. The number of aromatic nitrogens is 2. The SMILES string of the molecule is Cc1nc(-c2ccc(F)cc2)ncc1C(=O)N(C)c1ccc(CN2CCN(C(=O)O)[C@@H](C)C2)cc1. The van der Waals surface area contributed by atoms with Crippen LogP contribution in [-0.4, -0.2) is 69.6 Å². The van der Waals surface area contributed by atoms with E-state index in [1.165, 1.54) is 23.2 Å². The first-order valence-electron chi connectivity index (χ1n) is 11.4. The van der Waals surface area contributed by atoms with Crippen LogP contribution in [0, 0.1) is 12.7 Å². The van der Waals surface area contributed by atoms with Crippen molar-refractivity contribution in [3.05, 3.63) is 77.4 Å². The van der Waals surface area contributed by atoms with Gasteiger partial charge in [0.15, 0.2) is 5.82 Å². The molecule has 0 unspecified atom stereocenters. The van der Waals surface area contributed by atoms with Crippen molar-refractivity contribution < 1.29 is 19.1 Å². The third kappa shape index (κ3) is 5.46. The molecule has 4 rings (SSSR count). The largest absolute Gasteiger partial charge is 0.465 e. The van der Waals surface area contributed by atoms with Gasteiger partial charge in [0, 0.05) is 56.7 Å². The molecule has 0 aliphatic carbocycles. The minimum absolute atomic E-state index is 0.0517. The molecular formula is C26H28FN5O3. The fourth-order valence-corrected chi connectivity index (χ4v) is 4.26. The fraction of sp³-hybridized carbons (Fsp3) is 0.308. The Morgan fingerprint density at radius 3 is 2.40 bits per heavy atom. The molecule has 1 atom stereocenters. The van der Waals surface area contributed by atoms with E-state index in [1.807, 2.05) is 31.2 Å². The lowest BCUT2D eigenvalue weighted by atomic mass is 10.1. The number of benzene rings is 2. The smallest absolute Gasteiger partial charge is 0.407 e. The average molecular weight is 478 g/mol. The number of carbonyl (C=O) groups is 2. The molecule has 0 spiro atoms. The van der Waals surface area contributed by atoms with Crippen molar-refractivity contribution in [2.45, 2.75) is 26.4 Å². The van der Waals surface area contributed by atoms with E-state index in [2.05, 4.69) is 14.9 Å². The predicted octanol–water partition coefficient (Wildman–Crippen LogP) is 4.05. The number of rotatable bonds is 5. The Bertz CT molecular complexity index is 1220. The summed E-state index contributed by atoms with van der Waals surface area (Å²) < 4.78 is 13.2. The monoisotopic (exact) mass is 477 g/mol. The van der Waals surface area contributed by atoms with E-state index in [4.69, 9.17) is 0 Å². The molecule has 1 aliphatic rings. The van der Waals surface area contributed by atoms with E-state index < -0.39 is 6.09 Å². The van der Waals surface area contributed by atoms with Crippen LogP contribution in [0.2, 0.25) is 0 Å². The van der Waals surface area contributed by atoms with Gasteiger partial charge < -0.3 is 14.9 Å². The summed E-state index contributed by atoms with van der Waals surface area (Å²) in [5.74, 6) is -0.121. The molecule has 2 aromatic carbocycles. The van der Waals surface area contributed by atoms with Crippen LogP contribution in [-0.2, 0) is 6.54 Å². The molecule has 1 aromatic heterocycles. The first-order chi connectivity index (χ1) is 16.7. The highest BCUT2D eigenvalue weighted by Crippen LogP contribution is 2.21. The molecule has 3 aromatic rings. The number of hydrogen-bond donors (Lipinski definition) is 1. The predicted molar refractivity (Wildman–Crippen MR) is 131 cm³/mol. The lowest BCUT2D eigenvalue weighted by Gasteiger charge is -2.38. The van der Waals surface area contributed by atoms with E-state index in [9.17, 15) is 19.1 Å². The lowest BCUT2D eigenvalue weighted by molar-refractivity contribution is 0.0711. The number of halogens is 1. The second-order valence-corrected chi connectivity index (χ2v) is 8.79. The molecule has 1 N–H and O–H groups in total. The molecule has 1 aliphatic heterocycles. The summed E-state index contributed by atoms with van der Waals surface area (Å²) in [6.07, 6.45) is 0.631. The summed E-state index contributed by atoms with van der Waals surface area (Å²) in [5, 5.41) is 9.24. The van der Waals surface area contributed by atoms with Crippen LogP contribution in [0.3, 0.4) is 0 Å². The van der Waals surface area contributed by atoms with E-state index in [0.717, 1.165) is 11.3 Å². The number of piperazine rings is 1. The first-order valence-corrected chi connectivity index (χ1v) is 11.4. The van der Waals surface area contributed by atoms with Gasteiger partial charge in [-0.3, -0.25) is 9.69 Å². The minimum atomic E-state index is -0.875. The number of anilines is 1. The molecule has 9 heteroatoms. The van der Waals surface area contributed by atoms with Crippen molar-refractivity contribution in [3.63, 3.8) is 0 Å². The maximum absolute atomic E-state index is 13.2. The van der Waals surface area contributed by atoms with E-state index in [1.54, 1.807) is 31.0 Å². The zero-order valence-corrected chi connectivity index (χ0v) is 20.0. The molecule has 1 saturated heterocycles. The number of carbonyl (C=O) groups excluding carboxylic acids is 1. The lowest BCUT2D eigenvalue weighted by Crippen LogP contribution is -2.53. The Kier molecular flexibility index (Phi) is 7.07. The Hall–Kier alpha value is -3.85. The molecule has 0 bridgehead atoms. The molecule has 182 valence electrons. The van der Waals surface area contributed by atoms with Gasteiger partial charge in [-0.2, -0.15) is 0 Å². The van der Waals surface area contributed by atoms with Crippen LogP contribution in [0.25, 0.3) is 11.4 Å². The van der Waals surface area contributed by atoms with Crippen molar-refractivity contribution in [1.29, 1.82) is 0 Å². The summed E-state index contributed by atoms with van der Waals surface area (Å²) >= 11 is 0. The minimum Gasteiger partial charge on any atom is -0.465 e. The highest BCUT2D eigenvalue weighted by Gasteiger charge is 2.27. The number of carboxylic acid groups (broad SMARTS) is 1. The maximum atomic E-state index is 13.2. The molecule has 0 saturated carbocycles. The summed E-state index contributed by atoms with van der Waals surface area (Å²) in [6.45, 7) is 6.25. The first kappa shape index (κ1) is 24.3. The van der Waals surface area contributed by atoms with Crippen LogP contribution in [0.5, 0.6) is 0 Å². The van der Waals surface area contributed by atoms with Crippen LogP contribution in [0.1, 0.15) is 28.5 Å². The van der Waals surface area contributed by atoms with Gasteiger partial charge in [0.1, 0.15) is 5.82 Å². The van der Waals surface area contributed by atoms with Crippen molar-refractivity contribution >= 4 is 17.7 Å². The second-order valence-electron chi connectivity index (χ2n) is 8.79. The highest BCUT2D eigenvalue weighted by molar-refractivity contribution is 6.06. The maximum Gasteiger partial charge on any atom is 0.407 e. The molecule has 2 amide bonds. The molecule has 35 heavy (non-hydrogen) atoms. The molecule has 0 radical (unpaired) electrons. The van der Waals surface area contributed by atoms with Gasteiger partial charge in [-0.1, -0.05) is 12.1 Å². The fourth-order valence-electron chi connectivity index (χ4n) is 4.26. The van der Waals surface area contributed by atoms with Crippen molar-refractivity contribution in [3.8, 4) is 11.4 Å². The summed E-state index contributed by atoms with van der Waals surface area (Å²) in [7, 11) is 1.71. The van der Waals surface area contributed by atoms with E-state index >= 15 is 0 Å². The number of nitrogens with zero attached hydrogens (tertiary/aromatic N) is 5. The third-order valence-electron chi connectivity index (χ3n) is 6.30. The van der Waals surface area contributed by atoms with Gasteiger partial charge >= 0.3 is 6.09 Å². The number of aryl methyl sites for hydroxylation is 1. The molecular weight excluding hydrogens is 449 g/mol. The highest BCUT2D eigenvalue weighted by atomic mass is 19.1. The average Bonchev–Trinajstić information content (AvgIpc) is 2.84. The van der Waals surface area contributed by atoms with Gasteiger partial charge in [0.25, 0.3) is 5.91 Å². The van der Waals surface area contributed by atoms with E-state index in [0.29, 0.717) is 48.8 Å². The van der Waals surface area contributed by atoms with Crippen molar-refractivity contribution in [2.24, 2.45) is 0 Å². The Morgan fingerprint density at radius 1 is 1.11 bits per heavy atom. The molecule has 8 nitrogen and oxygen atoms in total. The van der Waals surface area contributed by atoms with Crippen molar-refractivity contribution in [2.75, 3.05) is 31.6 Å². The van der Waals surface area contributed by atoms with Gasteiger partial charge in [0.2, 0.25) is 0 Å². The Labute approximate surface area is 203 Å². The van der Waals surface area contributed by atoms with Crippen LogP contribution >= 0.6 is 0 Å². The standard InChI is InChI=1S/C26H28FN5O3/c1-17-15-31(12-13-32(17)26(34)35)16-19-4-10-22(11-5-19)30(3)25(33)23-14-28-24(29-18(23)2)20-6-8-21(27)9-7-20/h4-11,14,17H,12-13,15-16H2,1-3H3,(H,34,35)/t17-/m0/s1. The second kappa shape index (κ2) is 10.2. The van der Waals surface area contributed by atoms with Crippen LogP contribution in [0.15, 0.2) is 54.7 Å². The van der Waals surface area contributed by atoms with Gasteiger partial charge in [0.05, 0.1) is 11.3 Å². The van der Waals surface area contributed by atoms with Crippen LogP contribution < -0.4 is 4.90 Å². The summed E-state index contributed by atoms with van der Waals surface area (Å²) in [5.41, 5.74) is 3.45. The Balaban J connectivity index is 1.41. The number of amides is 2. The zero-order chi connectivity index (χ0) is 25.1. The van der Waals surface area contributed by atoms with Gasteiger partial charge in [-0.25, -0.2) is 19.2 Å². The quantitative estimate of drug-likeness (QED) is 0.596. The van der Waals surface area contributed by atoms with Gasteiger partial charge in [-0.05, 0) is 55.8 Å². The molecule has 2 heterocycles. The third-order valence-corrected chi connectivity index (χ3v) is 6.30. The van der Waals surface area contributed by atoms with E-state index in [-0.39, 0.29) is 17.8 Å². The molecule has 1 fully saturated rings.